The van der Waals surface area contributed by atoms with Gasteiger partial charge < -0.3 is 4.57 Å². The van der Waals surface area contributed by atoms with Gasteiger partial charge in [0.25, 0.3) is 0 Å². The molecule has 6 rings (SSSR count). The summed E-state index contributed by atoms with van der Waals surface area (Å²) in [6, 6.07) is 36.0. The summed E-state index contributed by atoms with van der Waals surface area (Å²) in [6.07, 6.45) is 0.888. The average molecular weight is 540 g/mol. The lowest BCUT2D eigenvalue weighted by atomic mass is 10.0. The molecule has 4 aromatic carbocycles. The van der Waals surface area contributed by atoms with Crippen molar-refractivity contribution in [3.05, 3.63) is 126 Å². The first-order chi connectivity index (χ1) is 19.0. The molecular formula is C31H29N3O4S. The number of nitrogens with one attached hydrogen (secondary N) is 1. The number of para-hydroxylation sites is 1. The van der Waals surface area contributed by atoms with E-state index >= 15 is 0 Å². The fourth-order valence-electron chi connectivity index (χ4n) is 5.12. The molecule has 8 heteroatoms. The minimum Gasteiger partial charge on any atom is -0.339 e. The Morgan fingerprint density at radius 2 is 1.38 bits per heavy atom. The van der Waals surface area contributed by atoms with Crippen molar-refractivity contribution in [1.82, 2.24) is 14.4 Å². The molecule has 0 unspecified atom stereocenters. The van der Waals surface area contributed by atoms with Crippen molar-refractivity contribution >= 4 is 27.3 Å². The van der Waals surface area contributed by atoms with E-state index in [-0.39, 0.29) is 6.41 Å². The summed E-state index contributed by atoms with van der Waals surface area (Å²) in [6.45, 7) is 1.57. The number of hydrogen-bond donors (Lipinski definition) is 2. The number of carbonyl (C=O) groups is 1. The number of amides is 1. The highest BCUT2D eigenvalue weighted by Gasteiger charge is 2.31. The van der Waals surface area contributed by atoms with Gasteiger partial charge in [-0.1, -0.05) is 91.0 Å². The van der Waals surface area contributed by atoms with Crippen LogP contribution in [0.4, 0.5) is 0 Å². The number of rotatable bonds is 6. The first kappa shape index (κ1) is 26.4. The zero-order valence-corrected chi connectivity index (χ0v) is 22.1. The maximum atomic E-state index is 13.6. The van der Waals surface area contributed by atoms with Crippen molar-refractivity contribution in [2.45, 2.75) is 24.4 Å². The van der Waals surface area contributed by atoms with Crippen LogP contribution in [0.25, 0.3) is 22.0 Å². The number of aromatic nitrogens is 1. The SMILES string of the molecule is O=CNO.O=S(=O)(c1ccc(-c2ccccc2)cc1)N1CCc2c(n(Cc3ccccc3)c3ccccc23)C1. The van der Waals surface area contributed by atoms with Gasteiger partial charge in [0.15, 0.2) is 0 Å². The Bertz CT molecular complexity index is 1670. The van der Waals surface area contributed by atoms with Crippen LogP contribution in [0.5, 0.6) is 0 Å². The first-order valence-corrected chi connectivity index (χ1v) is 14.1. The second kappa shape index (κ2) is 11.7. The molecule has 0 fully saturated rings. The quantitative estimate of drug-likeness (QED) is 0.176. The van der Waals surface area contributed by atoms with Crippen molar-refractivity contribution in [2.24, 2.45) is 0 Å². The highest BCUT2D eigenvalue weighted by atomic mass is 32.2. The number of carbonyl (C=O) groups excluding carboxylic acids is 1. The van der Waals surface area contributed by atoms with E-state index in [9.17, 15) is 8.42 Å². The lowest BCUT2D eigenvalue weighted by molar-refractivity contribution is -0.116. The smallest absolute Gasteiger partial charge is 0.243 e. The lowest BCUT2D eigenvalue weighted by Crippen LogP contribution is -2.36. The van der Waals surface area contributed by atoms with Gasteiger partial charge in [-0.05, 0) is 46.9 Å². The number of nitrogens with zero attached hydrogens (tertiary/aromatic N) is 2. The van der Waals surface area contributed by atoms with Gasteiger partial charge in [-0.3, -0.25) is 10.0 Å². The number of sulfonamides is 1. The van der Waals surface area contributed by atoms with Crippen LogP contribution in [0.3, 0.4) is 0 Å². The van der Waals surface area contributed by atoms with E-state index in [0.29, 0.717) is 24.4 Å². The molecule has 0 bridgehead atoms. The minimum absolute atomic E-state index is 0.181. The lowest BCUT2D eigenvalue weighted by Gasteiger charge is -2.28. The maximum absolute atomic E-state index is 13.6. The molecule has 0 spiro atoms. The number of hydroxylamine groups is 1. The predicted octanol–water partition coefficient (Wildman–Crippen LogP) is 5.23. The van der Waals surface area contributed by atoms with Crippen LogP contribution in [0, 0.1) is 0 Å². The Morgan fingerprint density at radius 1 is 0.795 bits per heavy atom. The van der Waals surface area contributed by atoms with Crippen molar-refractivity contribution in [1.29, 1.82) is 0 Å². The largest absolute Gasteiger partial charge is 0.339 e. The molecule has 5 aromatic rings. The monoisotopic (exact) mass is 539 g/mol. The van der Waals surface area contributed by atoms with E-state index in [0.717, 1.165) is 28.9 Å². The van der Waals surface area contributed by atoms with Crippen molar-refractivity contribution in [3.8, 4) is 11.1 Å². The molecule has 1 aliphatic heterocycles. The van der Waals surface area contributed by atoms with Gasteiger partial charge in [0.1, 0.15) is 0 Å². The summed E-state index contributed by atoms with van der Waals surface area (Å²) in [5, 5.41) is 8.48. The summed E-state index contributed by atoms with van der Waals surface area (Å²) >= 11 is 0. The topological polar surface area (TPSA) is 91.6 Å². The van der Waals surface area contributed by atoms with E-state index < -0.39 is 10.0 Å². The second-order valence-electron chi connectivity index (χ2n) is 9.24. The van der Waals surface area contributed by atoms with E-state index in [1.807, 2.05) is 60.7 Å². The Morgan fingerprint density at radius 3 is 2.05 bits per heavy atom. The molecule has 1 aliphatic rings. The van der Waals surface area contributed by atoms with E-state index in [2.05, 4.69) is 41.0 Å². The highest BCUT2D eigenvalue weighted by Crippen LogP contribution is 2.34. The summed E-state index contributed by atoms with van der Waals surface area (Å²) in [5.41, 5.74) is 8.05. The van der Waals surface area contributed by atoms with Gasteiger partial charge in [-0.25, -0.2) is 13.9 Å². The molecule has 0 atom stereocenters. The van der Waals surface area contributed by atoms with Crippen LogP contribution in [0.2, 0.25) is 0 Å². The van der Waals surface area contributed by atoms with E-state index in [4.69, 9.17) is 10.0 Å². The Balaban J connectivity index is 0.000000723. The Labute approximate surface area is 228 Å². The third kappa shape index (κ3) is 5.49. The van der Waals surface area contributed by atoms with Crippen LogP contribution in [-0.4, -0.2) is 35.5 Å². The molecule has 0 aliphatic carbocycles. The van der Waals surface area contributed by atoms with Crippen molar-refractivity contribution < 1.29 is 18.4 Å². The van der Waals surface area contributed by atoms with Gasteiger partial charge in [-0.15, -0.1) is 0 Å². The Kier molecular flexibility index (Phi) is 7.88. The number of fused-ring (bicyclic) bond motifs is 3. The summed E-state index contributed by atoms with van der Waals surface area (Å²) < 4.78 is 31.2. The minimum atomic E-state index is -3.61. The van der Waals surface area contributed by atoms with Crippen LogP contribution >= 0.6 is 0 Å². The maximum Gasteiger partial charge on any atom is 0.243 e. The van der Waals surface area contributed by atoms with Crippen molar-refractivity contribution in [2.75, 3.05) is 6.54 Å². The van der Waals surface area contributed by atoms with Gasteiger partial charge in [0.05, 0.1) is 11.4 Å². The van der Waals surface area contributed by atoms with Gasteiger partial charge >= 0.3 is 0 Å². The molecule has 2 N–H and O–H groups in total. The fraction of sp³-hybridized carbons (Fsp3) is 0.129. The summed E-state index contributed by atoms with van der Waals surface area (Å²) in [7, 11) is -3.61. The number of benzene rings is 4. The third-order valence-electron chi connectivity index (χ3n) is 6.97. The molecule has 0 saturated heterocycles. The second-order valence-corrected chi connectivity index (χ2v) is 11.2. The van der Waals surface area contributed by atoms with Crippen LogP contribution < -0.4 is 5.48 Å². The fourth-order valence-corrected chi connectivity index (χ4v) is 6.52. The molecule has 198 valence electrons. The summed E-state index contributed by atoms with van der Waals surface area (Å²) in [4.78, 5) is 9.15. The van der Waals surface area contributed by atoms with Crippen molar-refractivity contribution in [3.63, 3.8) is 0 Å². The van der Waals surface area contributed by atoms with Gasteiger partial charge in [-0.2, -0.15) is 4.31 Å². The molecule has 0 saturated carbocycles. The normalized spacial score (nSPS) is 13.3. The average Bonchev–Trinajstić information content (AvgIpc) is 3.31. The first-order valence-electron chi connectivity index (χ1n) is 12.6. The molecule has 7 nitrogen and oxygen atoms in total. The molecule has 0 radical (unpaired) electrons. The molecule has 1 aromatic heterocycles. The van der Waals surface area contributed by atoms with Crippen LogP contribution in [-0.2, 0) is 34.3 Å². The Hall–Kier alpha value is -4.24. The van der Waals surface area contributed by atoms with Crippen LogP contribution in [0.15, 0.2) is 114 Å². The van der Waals surface area contributed by atoms with E-state index in [1.165, 1.54) is 22.0 Å². The van der Waals surface area contributed by atoms with Gasteiger partial charge in [0.2, 0.25) is 16.4 Å². The zero-order valence-electron chi connectivity index (χ0n) is 21.3. The molecular weight excluding hydrogens is 510 g/mol. The summed E-state index contributed by atoms with van der Waals surface area (Å²) in [5.74, 6) is 0. The molecule has 39 heavy (non-hydrogen) atoms. The number of hydrogen-bond acceptors (Lipinski definition) is 4. The highest BCUT2D eigenvalue weighted by molar-refractivity contribution is 7.89. The third-order valence-corrected chi connectivity index (χ3v) is 8.83. The standard InChI is InChI=1S/C30H26N2O2S.CH3NO2/c33-35(34,26-17-15-25(16-18-26)24-11-5-2-6-12-24)31-20-19-28-27-13-7-8-14-29(27)32(30(28)22-31)21-23-9-3-1-4-10-23;3-1-2-4/h1-18H,19-22H2;1,4H,(H,2,3). The molecule has 1 amide bonds. The van der Waals surface area contributed by atoms with E-state index in [1.54, 1.807) is 16.4 Å². The van der Waals surface area contributed by atoms with Gasteiger partial charge in [0, 0.05) is 29.7 Å². The predicted molar refractivity (Wildman–Crippen MR) is 152 cm³/mol. The molecule has 2 heterocycles. The zero-order chi connectivity index (χ0) is 27.2. The van der Waals surface area contributed by atoms with Crippen LogP contribution in [0.1, 0.15) is 16.8 Å².